The van der Waals surface area contributed by atoms with Crippen LogP contribution in [0.3, 0.4) is 0 Å². The molecular weight excluding hydrogens is 312 g/mol. The van der Waals surface area contributed by atoms with Crippen LogP contribution in [-0.2, 0) is 10.0 Å². The third kappa shape index (κ3) is 2.54. The molecule has 0 aromatic carbocycles. The number of hydrogen-bond donors (Lipinski definition) is 2. The van der Waals surface area contributed by atoms with Crippen molar-refractivity contribution >= 4 is 37.8 Å². The van der Waals surface area contributed by atoms with Gasteiger partial charge in [-0.3, -0.25) is 9.12 Å². The summed E-state index contributed by atoms with van der Waals surface area (Å²) in [5.74, 6) is 0.327. The molecule has 0 unspecified atom stereocenters. The number of nitrogens with one attached hydrogen (secondary N) is 2. The van der Waals surface area contributed by atoms with Crippen molar-refractivity contribution in [3.63, 3.8) is 0 Å². The topological polar surface area (TPSA) is 101 Å². The second-order valence-corrected chi connectivity index (χ2v) is 6.55. The van der Waals surface area contributed by atoms with E-state index in [-0.39, 0.29) is 5.03 Å². The fraction of sp³-hybridized carbons (Fsp3) is 0.182. The van der Waals surface area contributed by atoms with Crippen molar-refractivity contribution in [3.05, 3.63) is 30.3 Å². The lowest BCUT2D eigenvalue weighted by Crippen LogP contribution is -2.17. The smallest absolute Gasteiger partial charge is 0.281 e. The van der Waals surface area contributed by atoms with E-state index in [1.807, 2.05) is 6.92 Å². The first-order valence-corrected chi connectivity index (χ1v) is 8.45. The largest absolute Gasteiger partial charge is 0.368 e. The third-order valence-corrected chi connectivity index (χ3v) is 4.79. The zero-order chi connectivity index (χ0) is 14.9. The predicted octanol–water partition coefficient (Wildman–Crippen LogP) is 1.42. The number of sulfonamides is 1. The molecule has 0 atom stereocenters. The van der Waals surface area contributed by atoms with Crippen LogP contribution in [0.15, 0.2) is 35.3 Å². The Morgan fingerprint density at radius 3 is 2.81 bits per heavy atom. The molecule has 0 bridgehead atoms. The third-order valence-electron chi connectivity index (χ3n) is 2.63. The van der Waals surface area contributed by atoms with Crippen LogP contribution in [0, 0.1) is 0 Å². The van der Waals surface area contributed by atoms with Gasteiger partial charge in [0.25, 0.3) is 10.0 Å². The van der Waals surface area contributed by atoms with Crippen molar-refractivity contribution in [2.75, 3.05) is 16.6 Å². The Bertz CT molecular complexity index is 855. The number of hydrogen-bond acceptors (Lipinski definition) is 7. The lowest BCUT2D eigenvalue weighted by atomic mass is 10.6. The SMILES string of the molecule is CCNc1nc2sccn2c1S(=O)(=O)Nc1cncnc1. The van der Waals surface area contributed by atoms with Gasteiger partial charge in [-0.05, 0) is 6.92 Å². The fourth-order valence-corrected chi connectivity index (χ4v) is 3.92. The highest BCUT2D eigenvalue weighted by Gasteiger charge is 2.26. The van der Waals surface area contributed by atoms with Crippen LogP contribution in [-0.4, -0.2) is 34.3 Å². The average Bonchev–Trinajstić information content (AvgIpc) is 2.99. The summed E-state index contributed by atoms with van der Waals surface area (Å²) in [5, 5.41) is 4.82. The van der Waals surface area contributed by atoms with Gasteiger partial charge < -0.3 is 5.32 Å². The molecule has 0 aliphatic carbocycles. The highest BCUT2D eigenvalue weighted by molar-refractivity contribution is 7.92. The highest BCUT2D eigenvalue weighted by atomic mass is 32.2. The number of imidazole rings is 1. The summed E-state index contributed by atoms with van der Waals surface area (Å²) in [7, 11) is -3.80. The van der Waals surface area contributed by atoms with Crippen LogP contribution in [0.4, 0.5) is 11.5 Å². The van der Waals surface area contributed by atoms with E-state index in [1.165, 1.54) is 34.5 Å². The summed E-state index contributed by atoms with van der Waals surface area (Å²) >= 11 is 1.37. The van der Waals surface area contributed by atoms with Gasteiger partial charge in [-0.15, -0.1) is 11.3 Å². The van der Waals surface area contributed by atoms with E-state index in [1.54, 1.807) is 11.6 Å². The second-order valence-electron chi connectivity index (χ2n) is 4.08. The lowest BCUT2D eigenvalue weighted by molar-refractivity contribution is 0.597. The lowest BCUT2D eigenvalue weighted by Gasteiger charge is -2.08. The molecule has 3 aromatic rings. The maximum Gasteiger partial charge on any atom is 0.281 e. The van der Waals surface area contributed by atoms with E-state index in [0.29, 0.717) is 23.0 Å². The Balaban J connectivity index is 2.09. The van der Waals surface area contributed by atoms with E-state index >= 15 is 0 Å². The molecule has 0 fully saturated rings. The Morgan fingerprint density at radius 2 is 2.10 bits per heavy atom. The quantitative estimate of drug-likeness (QED) is 0.736. The van der Waals surface area contributed by atoms with Gasteiger partial charge in [-0.1, -0.05) is 0 Å². The first kappa shape index (κ1) is 13.8. The van der Waals surface area contributed by atoms with Crippen LogP contribution >= 0.6 is 11.3 Å². The molecule has 0 amide bonds. The molecule has 0 saturated carbocycles. The van der Waals surface area contributed by atoms with Crippen LogP contribution in [0.5, 0.6) is 0 Å². The van der Waals surface area contributed by atoms with Crippen molar-refractivity contribution in [2.45, 2.75) is 11.9 Å². The minimum absolute atomic E-state index is 0.0736. The Kier molecular flexibility index (Phi) is 3.47. The second kappa shape index (κ2) is 5.30. The molecule has 0 spiro atoms. The number of aromatic nitrogens is 4. The summed E-state index contributed by atoms with van der Waals surface area (Å²) in [4.78, 5) is 12.5. The molecule has 0 radical (unpaired) electrons. The zero-order valence-corrected chi connectivity index (χ0v) is 12.6. The standard InChI is InChI=1S/C11H12N6O2S2/c1-2-14-9-10(17-3-4-20-11(17)15-9)21(18,19)16-8-5-12-7-13-6-8/h3-7,14,16H,2H2,1H3. The average molecular weight is 324 g/mol. The number of anilines is 2. The van der Waals surface area contributed by atoms with Gasteiger partial charge in [0.15, 0.2) is 10.8 Å². The Morgan fingerprint density at radius 1 is 1.33 bits per heavy atom. The minimum atomic E-state index is -3.80. The molecule has 0 saturated heterocycles. The molecule has 21 heavy (non-hydrogen) atoms. The molecule has 3 aromatic heterocycles. The molecule has 0 aliphatic rings. The normalized spacial score (nSPS) is 11.7. The van der Waals surface area contributed by atoms with Crippen LogP contribution in [0.2, 0.25) is 0 Å². The molecule has 110 valence electrons. The van der Waals surface area contributed by atoms with Gasteiger partial charge in [0.2, 0.25) is 5.03 Å². The predicted molar refractivity (Wildman–Crippen MR) is 80.1 cm³/mol. The van der Waals surface area contributed by atoms with E-state index in [0.717, 1.165) is 0 Å². The van der Waals surface area contributed by atoms with E-state index < -0.39 is 10.0 Å². The van der Waals surface area contributed by atoms with Crippen LogP contribution < -0.4 is 10.0 Å². The van der Waals surface area contributed by atoms with E-state index in [9.17, 15) is 8.42 Å². The zero-order valence-electron chi connectivity index (χ0n) is 11.0. The van der Waals surface area contributed by atoms with Gasteiger partial charge in [-0.25, -0.2) is 15.0 Å². The molecule has 3 heterocycles. The van der Waals surface area contributed by atoms with Crippen molar-refractivity contribution in [1.29, 1.82) is 0 Å². The van der Waals surface area contributed by atoms with Gasteiger partial charge in [0, 0.05) is 18.1 Å². The van der Waals surface area contributed by atoms with E-state index in [2.05, 4.69) is 25.0 Å². The summed E-state index contributed by atoms with van der Waals surface area (Å²) < 4.78 is 29.2. The van der Waals surface area contributed by atoms with Crippen molar-refractivity contribution in [3.8, 4) is 0 Å². The maximum absolute atomic E-state index is 12.6. The monoisotopic (exact) mass is 324 g/mol. The summed E-state index contributed by atoms with van der Waals surface area (Å²) in [6.07, 6.45) is 5.79. The summed E-state index contributed by atoms with van der Waals surface area (Å²) in [6.45, 7) is 2.45. The van der Waals surface area contributed by atoms with E-state index in [4.69, 9.17) is 0 Å². The van der Waals surface area contributed by atoms with Gasteiger partial charge in [0.1, 0.15) is 6.33 Å². The first-order valence-electron chi connectivity index (χ1n) is 6.09. The van der Waals surface area contributed by atoms with Crippen molar-refractivity contribution in [2.24, 2.45) is 0 Å². The Hall–Kier alpha value is -2.20. The molecule has 3 rings (SSSR count). The molecule has 0 aliphatic heterocycles. The summed E-state index contributed by atoms with van der Waals surface area (Å²) in [5.41, 5.74) is 0.296. The van der Waals surface area contributed by atoms with Crippen LogP contribution in [0.25, 0.3) is 4.96 Å². The number of thiazole rings is 1. The molecular formula is C11H12N6O2S2. The number of rotatable bonds is 5. The fourth-order valence-electron chi connectivity index (χ4n) is 1.86. The minimum Gasteiger partial charge on any atom is -0.368 e. The van der Waals surface area contributed by atoms with Gasteiger partial charge in [-0.2, -0.15) is 8.42 Å². The van der Waals surface area contributed by atoms with Gasteiger partial charge >= 0.3 is 0 Å². The van der Waals surface area contributed by atoms with Crippen molar-refractivity contribution < 1.29 is 8.42 Å². The Labute approximate surface area is 124 Å². The first-order chi connectivity index (χ1) is 10.1. The van der Waals surface area contributed by atoms with Crippen molar-refractivity contribution in [1.82, 2.24) is 19.4 Å². The molecule has 10 heteroatoms. The summed E-state index contributed by atoms with van der Waals surface area (Å²) in [6, 6.07) is 0. The maximum atomic E-state index is 12.6. The number of nitrogens with zero attached hydrogens (tertiary/aromatic N) is 4. The molecule has 2 N–H and O–H groups in total. The van der Waals surface area contributed by atoms with Gasteiger partial charge in [0.05, 0.1) is 18.1 Å². The highest BCUT2D eigenvalue weighted by Crippen LogP contribution is 2.27. The number of fused-ring (bicyclic) bond motifs is 1. The molecule has 8 nitrogen and oxygen atoms in total. The van der Waals surface area contributed by atoms with Crippen LogP contribution in [0.1, 0.15) is 6.92 Å².